The Morgan fingerprint density at radius 3 is 2.54 bits per heavy atom. The van der Waals surface area contributed by atoms with Gasteiger partial charge in [0.05, 0.1) is 11.9 Å². The quantitative estimate of drug-likeness (QED) is 0.705. The average molecular weight is 388 g/mol. The van der Waals surface area contributed by atoms with Crippen LogP contribution in [0.2, 0.25) is 0 Å². The van der Waals surface area contributed by atoms with Crippen molar-refractivity contribution >= 4 is 33.3 Å². The van der Waals surface area contributed by atoms with E-state index in [0.29, 0.717) is 17.4 Å². The largest absolute Gasteiger partial charge is 0.381 e. The summed E-state index contributed by atoms with van der Waals surface area (Å²) in [6.07, 6.45) is 9.52. The van der Waals surface area contributed by atoms with Crippen LogP contribution in [0.15, 0.2) is 47.1 Å². The monoisotopic (exact) mass is 387 g/mol. The van der Waals surface area contributed by atoms with E-state index in [-0.39, 0.29) is 5.91 Å². The molecule has 0 atom stereocenters. The number of benzene rings is 1. The molecule has 126 valence electrons. The van der Waals surface area contributed by atoms with E-state index in [1.54, 1.807) is 18.3 Å². The van der Waals surface area contributed by atoms with Gasteiger partial charge in [0.1, 0.15) is 5.82 Å². The standard InChI is InChI=1S/C19H22BrN3O/c20-15-7-5-6-14(12-15)19(24)23-18-11-10-17(13-21-18)22-16-8-3-1-2-4-9-16/h5-7,10-13,16,22H,1-4,8-9H2,(H,21,23,24). The second-order valence-corrected chi connectivity index (χ2v) is 7.15. The van der Waals surface area contributed by atoms with Gasteiger partial charge in [-0.05, 0) is 43.2 Å². The van der Waals surface area contributed by atoms with Crippen molar-refractivity contribution < 1.29 is 4.79 Å². The van der Waals surface area contributed by atoms with Crippen LogP contribution in [0.5, 0.6) is 0 Å². The molecule has 1 aliphatic carbocycles. The third-order valence-electron chi connectivity index (χ3n) is 4.32. The molecular weight excluding hydrogens is 366 g/mol. The van der Waals surface area contributed by atoms with E-state index >= 15 is 0 Å². The van der Waals surface area contributed by atoms with E-state index in [9.17, 15) is 4.79 Å². The molecular formula is C19H22BrN3O. The van der Waals surface area contributed by atoms with Crippen molar-refractivity contribution in [3.8, 4) is 0 Å². The highest BCUT2D eigenvalue weighted by Gasteiger charge is 2.12. The SMILES string of the molecule is O=C(Nc1ccc(NC2CCCCCC2)cn1)c1cccc(Br)c1. The van der Waals surface area contributed by atoms with Gasteiger partial charge in [0, 0.05) is 16.1 Å². The van der Waals surface area contributed by atoms with Gasteiger partial charge in [0.15, 0.2) is 0 Å². The van der Waals surface area contributed by atoms with Crippen molar-refractivity contribution in [2.75, 3.05) is 10.6 Å². The normalized spacial score (nSPS) is 15.5. The molecule has 0 aliphatic heterocycles. The average Bonchev–Trinajstić information content (AvgIpc) is 2.85. The van der Waals surface area contributed by atoms with Gasteiger partial charge in [-0.3, -0.25) is 4.79 Å². The summed E-state index contributed by atoms with van der Waals surface area (Å²) < 4.78 is 0.881. The predicted octanol–water partition coefficient (Wildman–Crippen LogP) is 5.23. The molecule has 0 spiro atoms. The zero-order valence-corrected chi connectivity index (χ0v) is 15.2. The van der Waals surface area contributed by atoms with Crippen LogP contribution < -0.4 is 10.6 Å². The lowest BCUT2D eigenvalue weighted by Crippen LogP contribution is -2.18. The minimum atomic E-state index is -0.159. The molecule has 0 radical (unpaired) electrons. The van der Waals surface area contributed by atoms with Crippen LogP contribution in [0.3, 0.4) is 0 Å². The summed E-state index contributed by atoms with van der Waals surface area (Å²) >= 11 is 3.37. The number of hydrogen-bond acceptors (Lipinski definition) is 3. The molecule has 0 bridgehead atoms. The fourth-order valence-electron chi connectivity index (χ4n) is 3.03. The summed E-state index contributed by atoms with van der Waals surface area (Å²) in [5, 5.41) is 6.39. The topological polar surface area (TPSA) is 54.0 Å². The maximum atomic E-state index is 12.2. The predicted molar refractivity (Wildman–Crippen MR) is 101 cm³/mol. The van der Waals surface area contributed by atoms with E-state index < -0.39 is 0 Å². The molecule has 1 fully saturated rings. The molecule has 1 aliphatic rings. The van der Waals surface area contributed by atoms with Crippen LogP contribution in [0, 0.1) is 0 Å². The van der Waals surface area contributed by atoms with Gasteiger partial charge >= 0.3 is 0 Å². The number of amides is 1. The number of carbonyl (C=O) groups excluding carboxylic acids is 1. The van der Waals surface area contributed by atoms with Gasteiger partial charge in [-0.15, -0.1) is 0 Å². The molecule has 4 nitrogen and oxygen atoms in total. The Morgan fingerprint density at radius 1 is 1.08 bits per heavy atom. The molecule has 1 amide bonds. The molecule has 0 unspecified atom stereocenters. The number of carbonyl (C=O) groups is 1. The number of anilines is 2. The Morgan fingerprint density at radius 2 is 1.88 bits per heavy atom. The maximum absolute atomic E-state index is 12.2. The van der Waals surface area contributed by atoms with E-state index in [0.717, 1.165) is 10.2 Å². The molecule has 3 rings (SSSR count). The number of halogens is 1. The lowest BCUT2D eigenvalue weighted by molar-refractivity contribution is 0.102. The molecule has 0 saturated heterocycles. The van der Waals surface area contributed by atoms with Gasteiger partial charge < -0.3 is 10.6 Å². The van der Waals surface area contributed by atoms with Crippen LogP contribution in [0.4, 0.5) is 11.5 Å². The van der Waals surface area contributed by atoms with Gasteiger partial charge in [0.2, 0.25) is 0 Å². The van der Waals surface area contributed by atoms with E-state index in [4.69, 9.17) is 0 Å². The Kier molecular flexibility index (Phi) is 5.86. The van der Waals surface area contributed by atoms with Crippen LogP contribution in [-0.4, -0.2) is 16.9 Å². The molecule has 1 saturated carbocycles. The molecule has 1 heterocycles. The fraction of sp³-hybridized carbons (Fsp3) is 0.368. The molecule has 2 aromatic rings. The summed E-state index contributed by atoms with van der Waals surface area (Å²) in [4.78, 5) is 16.6. The first-order valence-corrected chi connectivity index (χ1v) is 9.29. The molecule has 24 heavy (non-hydrogen) atoms. The number of aromatic nitrogens is 1. The fourth-order valence-corrected chi connectivity index (χ4v) is 3.43. The highest BCUT2D eigenvalue weighted by molar-refractivity contribution is 9.10. The first-order valence-electron chi connectivity index (χ1n) is 8.50. The zero-order chi connectivity index (χ0) is 16.8. The highest BCUT2D eigenvalue weighted by atomic mass is 79.9. The van der Waals surface area contributed by atoms with Crippen molar-refractivity contribution in [3.05, 3.63) is 52.6 Å². The summed E-state index contributed by atoms with van der Waals surface area (Å²) in [5.74, 6) is 0.402. The Labute approximate surface area is 151 Å². The maximum Gasteiger partial charge on any atom is 0.256 e. The van der Waals surface area contributed by atoms with E-state index in [1.807, 2.05) is 24.3 Å². The van der Waals surface area contributed by atoms with Gasteiger partial charge in [-0.2, -0.15) is 0 Å². The number of nitrogens with one attached hydrogen (secondary N) is 2. The molecule has 5 heteroatoms. The summed E-state index contributed by atoms with van der Waals surface area (Å²) in [6.45, 7) is 0. The molecule has 2 N–H and O–H groups in total. The minimum Gasteiger partial charge on any atom is -0.381 e. The summed E-state index contributed by atoms with van der Waals surface area (Å²) in [7, 11) is 0. The smallest absolute Gasteiger partial charge is 0.256 e. The third kappa shape index (κ3) is 4.81. The van der Waals surface area contributed by atoms with Crippen LogP contribution in [0.25, 0.3) is 0 Å². The zero-order valence-electron chi connectivity index (χ0n) is 13.6. The van der Waals surface area contributed by atoms with Crippen molar-refractivity contribution in [3.63, 3.8) is 0 Å². The van der Waals surface area contributed by atoms with E-state index in [2.05, 4.69) is 31.5 Å². The molecule has 1 aromatic carbocycles. The lowest BCUT2D eigenvalue weighted by Gasteiger charge is -2.17. The van der Waals surface area contributed by atoms with Gasteiger partial charge in [-0.25, -0.2) is 4.98 Å². The van der Waals surface area contributed by atoms with Crippen LogP contribution in [-0.2, 0) is 0 Å². The number of hydrogen-bond donors (Lipinski definition) is 2. The highest BCUT2D eigenvalue weighted by Crippen LogP contribution is 2.21. The summed E-state index contributed by atoms with van der Waals surface area (Å²) in [6, 6.07) is 11.7. The Balaban J connectivity index is 1.58. The molecule has 1 aromatic heterocycles. The first-order chi connectivity index (χ1) is 11.7. The number of nitrogens with zero attached hydrogens (tertiary/aromatic N) is 1. The van der Waals surface area contributed by atoms with Crippen molar-refractivity contribution in [2.24, 2.45) is 0 Å². The van der Waals surface area contributed by atoms with Crippen LogP contribution in [0.1, 0.15) is 48.9 Å². The second kappa shape index (κ2) is 8.29. The lowest BCUT2D eigenvalue weighted by atomic mass is 10.1. The van der Waals surface area contributed by atoms with Gasteiger partial charge in [-0.1, -0.05) is 47.7 Å². The third-order valence-corrected chi connectivity index (χ3v) is 4.81. The van der Waals surface area contributed by atoms with Crippen LogP contribution >= 0.6 is 15.9 Å². The number of rotatable bonds is 4. The first kappa shape index (κ1) is 17.0. The van der Waals surface area contributed by atoms with Crippen molar-refractivity contribution in [2.45, 2.75) is 44.6 Å². The Hall–Kier alpha value is -1.88. The van der Waals surface area contributed by atoms with Gasteiger partial charge in [0.25, 0.3) is 5.91 Å². The Bertz CT molecular complexity index is 679. The number of pyridine rings is 1. The second-order valence-electron chi connectivity index (χ2n) is 6.23. The minimum absolute atomic E-state index is 0.159. The summed E-state index contributed by atoms with van der Waals surface area (Å²) in [5.41, 5.74) is 1.62. The van der Waals surface area contributed by atoms with Crippen molar-refractivity contribution in [1.82, 2.24) is 4.98 Å². The van der Waals surface area contributed by atoms with Crippen molar-refractivity contribution in [1.29, 1.82) is 0 Å². The van der Waals surface area contributed by atoms with E-state index in [1.165, 1.54) is 38.5 Å².